The molecular weight excluding hydrogens is 228 g/mol. The van der Waals surface area contributed by atoms with Crippen LogP contribution in [0.3, 0.4) is 0 Å². The van der Waals surface area contributed by atoms with Crippen LogP contribution in [0.25, 0.3) is 0 Å². The maximum atomic E-state index is 11.9. The van der Waals surface area contributed by atoms with Crippen LogP contribution in [0.15, 0.2) is 24.3 Å². The molecule has 17 heavy (non-hydrogen) atoms. The molecule has 0 heterocycles. The van der Waals surface area contributed by atoms with Crippen molar-refractivity contribution in [2.75, 3.05) is 6.54 Å². The van der Waals surface area contributed by atoms with Crippen molar-refractivity contribution in [1.82, 2.24) is 0 Å². The number of aliphatic hydroxyl groups excluding tert-OH is 1. The molecule has 1 unspecified atom stereocenters. The zero-order valence-corrected chi connectivity index (χ0v) is 9.86. The lowest BCUT2D eigenvalue weighted by Gasteiger charge is -2.29. The lowest BCUT2D eigenvalue weighted by Crippen LogP contribution is -2.30. The summed E-state index contributed by atoms with van der Waals surface area (Å²) in [5, 5.41) is 10.1. The van der Waals surface area contributed by atoms with E-state index in [1.54, 1.807) is 12.1 Å². The molecule has 1 aromatic carbocycles. The van der Waals surface area contributed by atoms with Crippen molar-refractivity contribution in [3.63, 3.8) is 0 Å². The Hall–Kier alpha value is -1.20. The number of halogens is 2. The van der Waals surface area contributed by atoms with E-state index in [0.717, 1.165) is 0 Å². The first kappa shape index (κ1) is 13.9. The molecular formula is C12H17F2NO2. The van der Waals surface area contributed by atoms with E-state index in [0.29, 0.717) is 12.1 Å². The molecule has 0 fully saturated rings. The zero-order valence-electron chi connectivity index (χ0n) is 9.86. The summed E-state index contributed by atoms with van der Waals surface area (Å²) in [6.07, 6.45) is -0.743. The number of hydrogen-bond donors (Lipinski definition) is 2. The van der Waals surface area contributed by atoms with Crippen LogP contribution in [0.5, 0.6) is 5.75 Å². The fourth-order valence-electron chi connectivity index (χ4n) is 1.39. The van der Waals surface area contributed by atoms with Crippen molar-refractivity contribution in [1.29, 1.82) is 0 Å². The number of benzene rings is 1. The monoisotopic (exact) mass is 245 g/mol. The maximum absolute atomic E-state index is 11.9. The second-order valence-corrected chi connectivity index (χ2v) is 4.54. The van der Waals surface area contributed by atoms with Crippen molar-refractivity contribution in [3.05, 3.63) is 29.8 Å². The first-order valence-corrected chi connectivity index (χ1v) is 5.29. The summed E-state index contributed by atoms with van der Waals surface area (Å²) in [6, 6.07) is 5.91. The third-order valence-corrected chi connectivity index (χ3v) is 2.69. The molecule has 1 rings (SSSR count). The Bertz CT molecular complexity index is 352. The number of aliphatic hydroxyl groups is 1. The molecule has 0 radical (unpaired) electrons. The molecule has 0 aliphatic rings. The van der Waals surface area contributed by atoms with Crippen LogP contribution in [-0.4, -0.2) is 18.3 Å². The highest BCUT2D eigenvalue weighted by atomic mass is 19.3. The van der Waals surface area contributed by atoms with Crippen LogP contribution in [-0.2, 0) is 0 Å². The molecule has 5 heteroatoms. The summed E-state index contributed by atoms with van der Waals surface area (Å²) in [5.41, 5.74) is 5.72. The summed E-state index contributed by atoms with van der Waals surface area (Å²) in [4.78, 5) is 0. The van der Waals surface area contributed by atoms with E-state index in [9.17, 15) is 13.9 Å². The van der Waals surface area contributed by atoms with Gasteiger partial charge in [0.2, 0.25) is 0 Å². The fraction of sp³-hybridized carbons (Fsp3) is 0.500. The number of ether oxygens (including phenoxy) is 1. The van der Waals surface area contributed by atoms with Gasteiger partial charge in [0.05, 0.1) is 6.10 Å². The number of alkyl halides is 2. The smallest absolute Gasteiger partial charge is 0.387 e. The first-order valence-electron chi connectivity index (χ1n) is 5.29. The Labute approximate surface area is 99.2 Å². The SMILES string of the molecule is CC(C)(CN)C(O)c1ccc(OC(F)F)cc1. The molecule has 3 nitrogen and oxygen atoms in total. The van der Waals surface area contributed by atoms with E-state index in [4.69, 9.17) is 5.73 Å². The standard InChI is InChI=1S/C12H17F2NO2/c1-12(2,7-15)10(16)8-3-5-9(6-4-8)17-11(13)14/h3-6,10-11,16H,7,15H2,1-2H3. The molecule has 0 aliphatic heterocycles. The molecule has 0 saturated heterocycles. The third kappa shape index (κ3) is 3.64. The lowest BCUT2D eigenvalue weighted by atomic mass is 9.83. The average molecular weight is 245 g/mol. The zero-order chi connectivity index (χ0) is 13.1. The van der Waals surface area contributed by atoms with Crippen LogP contribution in [0.2, 0.25) is 0 Å². The highest BCUT2D eigenvalue weighted by Gasteiger charge is 2.27. The van der Waals surface area contributed by atoms with Gasteiger partial charge >= 0.3 is 6.61 Å². The second kappa shape index (κ2) is 5.42. The van der Waals surface area contributed by atoms with Crippen molar-refractivity contribution in [3.8, 4) is 5.75 Å². The Balaban J connectivity index is 2.80. The topological polar surface area (TPSA) is 55.5 Å². The third-order valence-electron chi connectivity index (χ3n) is 2.69. The van der Waals surface area contributed by atoms with Gasteiger partial charge in [-0.2, -0.15) is 8.78 Å². The van der Waals surface area contributed by atoms with Gasteiger partial charge < -0.3 is 15.6 Å². The van der Waals surface area contributed by atoms with Crippen LogP contribution in [0.1, 0.15) is 25.5 Å². The highest BCUT2D eigenvalue weighted by Crippen LogP contribution is 2.32. The van der Waals surface area contributed by atoms with Crippen LogP contribution in [0.4, 0.5) is 8.78 Å². The molecule has 0 spiro atoms. The molecule has 0 bridgehead atoms. The summed E-state index contributed by atoms with van der Waals surface area (Å²) in [6.45, 7) is 1.15. The van der Waals surface area contributed by atoms with E-state index >= 15 is 0 Å². The van der Waals surface area contributed by atoms with Crippen LogP contribution >= 0.6 is 0 Å². The van der Waals surface area contributed by atoms with Gasteiger partial charge in [0, 0.05) is 12.0 Å². The second-order valence-electron chi connectivity index (χ2n) is 4.54. The van der Waals surface area contributed by atoms with Gasteiger partial charge in [-0.3, -0.25) is 0 Å². The van der Waals surface area contributed by atoms with Crippen molar-refractivity contribution < 1.29 is 18.6 Å². The summed E-state index contributed by atoms with van der Waals surface area (Å²) < 4.78 is 28.1. The molecule has 1 atom stereocenters. The molecule has 0 amide bonds. The fourth-order valence-corrected chi connectivity index (χ4v) is 1.39. The highest BCUT2D eigenvalue weighted by molar-refractivity contribution is 5.29. The van der Waals surface area contributed by atoms with Crippen molar-refractivity contribution >= 4 is 0 Å². The van der Waals surface area contributed by atoms with Crippen LogP contribution in [0, 0.1) is 5.41 Å². The van der Waals surface area contributed by atoms with Gasteiger partial charge in [-0.05, 0) is 17.7 Å². The van der Waals surface area contributed by atoms with Gasteiger partial charge in [0.15, 0.2) is 0 Å². The van der Waals surface area contributed by atoms with E-state index in [-0.39, 0.29) is 5.75 Å². The first-order chi connectivity index (χ1) is 7.86. The van der Waals surface area contributed by atoms with Gasteiger partial charge in [0.1, 0.15) is 5.75 Å². The predicted molar refractivity (Wildman–Crippen MR) is 60.9 cm³/mol. The van der Waals surface area contributed by atoms with Crippen molar-refractivity contribution in [2.45, 2.75) is 26.6 Å². The van der Waals surface area contributed by atoms with E-state index in [2.05, 4.69) is 4.74 Å². The Kier molecular flexibility index (Phi) is 4.42. The van der Waals surface area contributed by atoms with Gasteiger partial charge in [0.25, 0.3) is 0 Å². The minimum Gasteiger partial charge on any atom is -0.435 e. The summed E-state index contributed by atoms with van der Waals surface area (Å²) >= 11 is 0. The Morgan fingerprint density at radius 1 is 1.29 bits per heavy atom. The summed E-state index contributed by atoms with van der Waals surface area (Å²) in [5.74, 6) is 0.0708. The maximum Gasteiger partial charge on any atom is 0.387 e. The Morgan fingerprint density at radius 3 is 2.24 bits per heavy atom. The molecule has 3 N–H and O–H groups in total. The number of nitrogens with two attached hydrogens (primary N) is 1. The largest absolute Gasteiger partial charge is 0.435 e. The number of hydrogen-bond acceptors (Lipinski definition) is 3. The van der Waals surface area contributed by atoms with Crippen LogP contribution < -0.4 is 10.5 Å². The van der Waals surface area contributed by atoms with Gasteiger partial charge in [-0.1, -0.05) is 26.0 Å². The predicted octanol–water partition coefficient (Wildman–Crippen LogP) is 2.31. The molecule has 96 valence electrons. The minimum atomic E-state index is -2.84. The lowest BCUT2D eigenvalue weighted by molar-refractivity contribution is -0.0498. The molecule has 1 aromatic rings. The van der Waals surface area contributed by atoms with E-state index in [1.807, 2.05) is 13.8 Å². The van der Waals surface area contributed by atoms with E-state index in [1.165, 1.54) is 12.1 Å². The number of rotatable bonds is 5. The van der Waals surface area contributed by atoms with Gasteiger partial charge in [-0.15, -0.1) is 0 Å². The average Bonchev–Trinajstić information content (AvgIpc) is 2.28. The van der Waals surface area contributed by atoms with E-state index < -0.39 is 18.1 Å². The van der Waals surface area contributed by atoms with Gasteiger partial charge in [-0.25, -0.2) is 0 Å². The minimum absolute atomic E-state index is 0.0708. The Morgan fingerprint density at radius 2 is 1.82 bits per heavy atom. The van der Waals surface area contributed by atoms with Crippen molar-refractivity contribution in [2.24, 2.45) is 11.1 Å². The summed E-state index contributed by atoms with van der Waals surface area (Å²) in [7, 11) is 0. The normalized spacial score (nSPS) is 13.8. The molecule has 0 aliphatic carbocycles. The molecule has 0 aromatic heterocycles. The quantitative estimate of drug-likeness (QED) is 0.837. The molecule has 0 saturated carbocycles.